The summed E-state index contributed by atoms with van der Waals surface area (Å²) in [5, 5.41) is 3.17. The summed E-state index contributed by atoms with van der Waals surface area (Å²) in [5.74, 6) is 1.21. The van der Waals surface area contributed by atoms with Crippen molar-refractivity contribution in [1.29, 1.82) is 0 Å². The van der Waals surface area contributed by atoms with E-state index in [0.29, 0.717) is 17.8 Å². The van der Waals surface area contributed by atoms with E-state index in [-0.39, 0.29) is 11.2 Å². The number of aromatic nitrogens is 2. The first-order valence-corrected chi connectivity index (χ1v) is 4.82. The number of nitrogens with two attached hydrogens (primary N) is 1. The summed E-state index contributed by atoms with van der Waals surface area (Å²) < 4.78 is 0. The van der Waals surface area contributed by atoms with E-state index in [9.17, 15) is 4.79 Å². The second kappa shape index (κ2) is 3.32. The number of anilines is 2. The van der Waals surface area contributed by atoms with Crippen molar-refractivity contribution in [2.75, 3.05) is 11.1 Å². The van der Waals surface area contributed by atoms with Crippen LogP contribution in [0.4, 0.5) is 11.5 Å². The van der Waals surface area contributed by atoms with Gasteiger partial charge in [0.05, 0.1) is 6.33 Å². The fourth-order valence-electron chi connectivity index (χ4n) is 1.58. The Bertz CT molecular complexity index is 387. The van der Waals surface area contributed by atoms with Crippen LogP contribution in [0.15, 0.2) is 11.1 Å². The Labute approximate surface area is 81.7 Å². The summed E-state index contributed by atoms with van der Waals surface area (Å²) in [7, 11) is 0. The first-order chi connectivity index (χ1) is 6.72. The van der Waals surface area contributed by atoms with Gasteiger partial charge in [0.2, 0.25) is 0 Å². The number of rotatable bonds is 3. The lowest BCUT2D eigenvalue weighted by Crippen LogP contribution is -2.17. The highest BCUT2D eigenvalue weighted by Crippen LogP contribution is 2.36. The monoisotopic (exact) mass is 194 g/mol. The van der Waals surface area contributed by atoms with Crippen LogP contribution in [0.1, 0.15) is 19.8 Å². The molecule has 2 atom stereocenters. The molecular weight excluding hydrogens is 180 g/mol. The molecule has 0 bridgehead atoms. The van der Waals surface area contributed by atoms with Gasteiger partial charge < -0.3 is 16.0 Å². The van der Waals surface area contributed by atoms with E-state index in [2.05, 4.69) is 22.2 Å². The lowest BCUT2D eigenvalue weighted by atomic mass is 10.3. The van der Waals surface area contributed by atoms with Crippen molar-refractivity contribution >= 4 is 11.5 Å². The molecule has 0 aromatic carbocycles. The van der Waals surface area contributed by atoms with Gasteiger partial charge in [-0.2, -0.15) is 0 Å². The van der Waals surface area contributed by atoms with Crippen LogP contribution < -0.4 is 16.6 Å². The average molecular weight is 194 g/mol. The van der Waals surface area contributed by atoms with E-state index in [1.165, 1.54) is 6.33 Å². The highest BCUT2D eigenvalue weighted by Gasteiger charge is 2.35. The summed E-state index contributed by atoms with van der Waals surface area (Å²) in [6.07, 6.45) is 3.66. The molecule has 1 fully saturated rings. The lowest BCUT2D eigenvalue weighted by molar-refractivity contribution is 0.773. The molecule has 1 heterocycles. The summed E-state index contributed by atoms with van der Waals surface area (Å²) in [5.41, 5.74) is 5.47. The molecule has 0 spiro atoms. The Morgan fingerprint density at radius 2 is 2.57 bits per heavy atom. The molecule has 0 aliphatic heterocycles. The molecule has 76 valence electrons. The van der Waals surface area contributed by atoms with Crippen LogP contribution in [0.2, 0.25) is 0 Å². The summed E-state index contributed by atoms with van der Waals surface area (Å²) >= 11 is 0. The molecule has 5 nitrogen and oxygen atoms in total. The molecular formula is C9H14N4O. The third kappa shape index (κ3) is 1.57. The van der Waals surface area contributed by atoms with Crippen LogP contribution in [0.25, 0.3) is 0 Å². The van der Waals surface area contributed by atoms with E-state index in [4.69, 9.17) is 5.73 Å². The standard InChI is InChI=1S/C9H14N4O/c1-2-5-3-6(5)13-8-7(10)9(14)12-4-11-8/h4-6H,2-3,10H2,1H3,(H2,11,12,13,14). The molecule has 0 radical (unpaired) electrons. The first kappa shape index (κ1) is 9.05. The van der Waals surface area contributed by atoms with Gasteiger partial charge in [0, 0.05) is 6.04 Å². The van der Waals surface area contributed by atoms with E-state index in [1.54, 1.807) is 0 Å². The van der Waals surface area contributed by atoms with E-state index in [1.807, 2.05) is 0 Å². The first-order valence-electron chi connectivity index (χ1n) is 4.82. The van der Waals surface area contributed by atoms with Crippen molar-refractivity contribution in [3.63, 3.8) is 0 Å². The maximum Gasteiger partial charge on any atom is 0.276 e. The van der Waals surface area contributed by atoms with Crippen molar-refractivity contribution in [2.24, 2.45) is 5.92 Å². The Morgan fingerprint density at radius 3 is 3.21 bits per heavy atom. The molecule has 1 aliphatic rings. The fraction of sp³-hybridized carbons (Fsp3) is 0.556. The van der Waals surface area contributed by atoms with Gasteiger partial charge in [-0.05, 0) is 12.3 Å². The minimum Gasteiger partial charge on any atom is -0.391 e. The van der Waals surface area contributed by atoms with Crippen LogP contribution in [-0.2, 0) is 0 Å². The Hall–Kier alpha value is -1.52. The minimum atomic E-state index is -0.281. The summed E-state index contributed by atoms with van der Waals surface area (Å²) in [4.78, 5) is 17.6. The number of aromatic amines is 1. The maximum absolute atomic E-state index is 11.1. The molecule has 5 heteroatoms. The number of hydrogen-bond donors (Lipinski definition) is 3. The zero-order chi connectivity index (χ0) is 10.1. The third-order valence-electron chi connectivity index (χ3n) is 2.66. The molecule has 2 unspecified atom stereocenters. The van der Waals surface area contributed by atoms with Crippen molar-refractivity contribution < 1.29 is 0 Å². The van der Waals surface area contributed by atoms with Crippen LogP contribution in [0.3, 0.4) is 0 Å². The van der Waals surface area contributed by atoms with Crippen molar-refractivity contribution in [3.8, 4) is 0 Å². The molecule has 1 aliphatic carbocycles. The van der Waals surface area contributed by atoms with Crippen LogP contribution in [0.5, 0.6) is 0 Å². The molecule has 14 heavy (non-hydrogen) atoms. The quantitative estimate of drug-likeness (QED) is 0.656. The Kier molecular flexibility index (Phi) is 2.15. The van der Waals surface area contributed by atoms with E-state index >= 15 is 0 Å². The van der Waals surface area contributed by atoms with Gasteiger partial charge in [0.15, 0.2) is 5.82 Å². The van der Waals surface area contributed by atoms with Crippen molar-refractivity contribution in [3.05, 3.63) is 16.7 Å². The predicted octanol–water partition coefficient (Wildman–Crippen LogP) is 0.562. The third-order valence-corrected chi connectivity index (χ3v) is 2.66. The number of nitrogens with one attached hydrogen (secondary N) is 2. The average Bonchev–Trinajstić information content (AvgIpc) is 2.92. The van der Waals surface area contributed by atoms with Gasteiger partial charge in [-0.15, -0.1) is 0 Å². The molecule has 4 N–H and O–H groups in total. The summed E-state index contributed by atoms with van der Waals surface area (Å²) in [6, 6.07) is 0.441. The number of hydrogen-bond acceptors (Lipinski definition) is 4. The molecule has 0 amide bonds. The van der Waals surface area contributed by atoms with Crippen LogP contribution in [-0.4, -0.2) is 16.0 Å². The number of nitrogen functional groups attached to an aromatic ring is 1. The van der Waals surface area contributed by atoms with Gasteiger partial charge in [0.25, 0.3) is 5.56 Å². The number of nitrogens with zero attached hydrogens (tertiary/aromatic N) is 1. The number of H-pyrrole nitrogens is 1. The van der Waals surface area contributed by atoms with Gasteiger partial charge in [-0.1, -0.05) is 13.3 Å². The maximum atomic E-state index is 11.1. The van der Waals surface area contributed by atoms with Gasteiger partial charge in [0.1, 0.15) is 5.69 Å². The van der Waals surface area contributed by atoms with E-state index in [0.717, 1.165) is 12.8 Å². The fourth-order valence-corrected chi connectivity index (χ4v) is 1.58. The Morgan fingerprint density at radius 1 is 1.79 bits per heavy atom. The highest BCUT2D eigenvalue weighted by atomic mass is 16.1. The molecule has 1 saturated carbocycles. The smallest absolute Gasteiger partial charge is 0.276 e. The molecule has 1 aromatic rings. The summed E-state index contributed by atoms with van der Waals surface area (Å²) in [6.45, 7) is 2.15. The topological polar surface area (TPSA) is 83.8 Å². The SMILES string of the molecule is CCC1CC1Nc1nc[nH]c(=O)c1N. The van der Waals surface area contributed by atoms with Gasteiger partial charge in [-0.3, -0.25) is 4.79 Å². The van der Waals surface area contributed by atoms with E-state index < -0.39 is 0 Å². The van der Waals surface area contributed by atoms with Gasteiger partial charge in [-0.25, -0.2) is 4.98 Å². The molecule has 2 rings (SSSR count). The zero-order valence-electron chi connectivity index (χ0n) is 8.08. The molecule has 1 aromatic heterocycles. The minimum absolute atomic E-state index is 0.175. The predicted molar refractivity (Wildman–Crippen MR) is 55.1 cm³/mol. The van der Waals surface area contributed by atoms with Crippen LogP contribution in [0, 0.1) is 5.92 Å². The molecule has 0 saturated heterocycles. The lowest BCUT2D eigenvalue weighted by Gasteiger charge is -2.05. The highest BCUT2D eigenvalue weighted by molar-refractivity contribution is 5.59. The largest absolute Gasteiger partial charge is 0.391 e. The van der Waals surface area contributed by atoms with Crippen molar-refractivity contribution in [1.82, 2.24) is 9.97 Å². The second-order valence-corrected chi connectivity index (χ2v) is 3.65. The van der Waals surface area contributed by atoms with Crippen molar-refractivity contribution in [2.45, 2.75) is 25.8 Å². The second-order valence-electron chi connectivity index (χ2n) is 3.65. The normalized spacial score (nSPS) is 24.6. The van der Waals surface area contributed by atoms with Crippen LogP contribution >= 0.6 is 0 Å². The van der Waals surface area contributed by atoms with Gasteiger partial charge >= 0.3 is 0 Å². The Balaban J connectivity index is 2.10. The zero-order valence-corrected chi connectivity index (χ0v) is 8.08.